The van der Waals surface area contributed by atoms with E-state index in [2.05, 4.69) is 67.0 Å². The van der Waals surface area contributed by atoms with Crippen molar-refractivity contribution in [2.45, 2.75) is 180 Å². The summed E-state index contributed by atoms with van der Waals surface area (Å²) in [6.07, 6.45) is 36.8. The van der Waals surface area contributed by atoms with Crippen molar-refractivity contribution >= 4 is 19.8 Å². The normalized spacial score (nSPS) is 18.2. The van der Waals surface area contributed by atoms with Crippen LogP contribution in [0.1, 0.15) is 155 Å². The Morgan fingerprint density at radius 3 is 1.89 bits per heavy atom. The summed E-state index contributed by atoms with van der Waals surface area (Å²) in [5.41, 5.74) is 0. The zero-order chi connectivity index (χ0) is 39.5. The van der Waals surface area contributed by atoms with Gasteiger partial charge in [-0.05, 0) is 77.0 Å². The molecule has 3 N–H and O–H groups in total. The van der Waals surface area contributed by atoms with Crippen molar-refractivity contribution in [2.75, 3.05) is 26.4 Å². The lowest BCUT2D eigenvalue weighted by atomic mass is 10.1. The maximum Gasteiger partial charge on any atom is 0.472 e. The molecular weight excluding hydrogens is 711 g/mol. The molecule has 0 bridgehead atoms. The molecule has 54 heavy (non-hydrogen) atoms. The molecular formula is C42H73O11P. The topological polar surface area (TPSA) is 161 Å². The van der Waals surface area contributed by atoms with Gasteiger partial charge in [-0.1, -0.05) is 114 Å². The smallest absolute Gasteiger partial charge is 0.462 e. The molecule has 0 spiro atoms. The third kappa shape index (κ3) is 31.1. The van der Waals surface area contributed by atoms with Crippen LogP contribution in [-0.4, -0.2) is 77.9 Å². The Balaban J connectivity index is 2.30. The highest BCUT2D eigenvalue weighted by molar-refractivity contribution is 7.47. The standard InChI is InChI=1S/C42H73O11P/c1-3-5-7-8-9-10-11-12-13-14-15-16-20-23-27-31-41(45)49-35-38(36-51-54(47,48)50-34-37(44)33-43)52-42(46)32-28-24-21-18-17-19-22-26-30-40-39(53-40)29-25-6-4-2/h9-10,12-13,15-16,22,26,37-40,43-44H,3-8,11,14,17-21,23-25,27-36H2,1-2H3,(H,47,48)/b10-9-,13-12-,16-15-,26-22-/t37-,38+,39?,40?/m0/s1. The molecule has 0 aliphatic carbocycles. The number of epoxide rings is 1. The Morgan fingerprint density at radius 1 is 0.667 bits per heavy atom. The summed E-state index contributed by atoms with van der Waals surface area (Å²) >= 11 is 0. The van der Waals surface area contributed by atoms with Crippen molar-refractivity contribution in [1.29, 1.82) is 0 Å². The zero-order valence-corrected chi connectivity index (χ0v) is 34.3. The summed E-state index contributed by atoms with van der Waals surface area (Å²) in [4.78, 5) is 34.9. The first-order valence-electron chi connectivity index (χ1n) is 20.7. The number of rotatable bonds is 37. The van der Waals surface area contributed by atoms with E-state index >= 15 is 0 Å². The largest absolute Gasteiger partial charge is 0.472 e. The van der Waals surface area contributed by atoms with Gasteiger partial charge in [-0.15, -0.1) is 0 Å². The average Bonchev–Trinajstić information content (AvgIpc) is 3.91. The molecule has 1 fully saturated rings. The third-order valence-electron chi connectivity index (χ3n) is 8.88. The summed E-state index contributed by atoms with van der Waals surface area (Å²) in [6.45, 7) is 2.24. The predicted octanol–water partition coefficient (Wildman–Crippen LogP) is 9.54. The first-order valence-corrected chi connectivity index (χ1v) is 22.2. The van der Waals surface area contributed by atoms with Crippen LogP contribution >= 0.6 is 7.82 Å². The van der Waals surface area contributed by atoms with E-state index in [-0.39, 0.29) is 19.4 Å². The number of phosphoric acid groups is 1. The fourth-order valence-corrected chi connectivity index (χ4v) is 6.32. The molecule has 1 aliphatic rings. The summed E-state index contributed by atoms with van der Waals surface area (Å²) in [6, 6.07) is 0. The van der Waals surface area contributed by atoms with Crippen LogP contribution < -0.4 is 0 Å². The van der Waals surface area contributed by atoms with E-state index in [4.69, 9.17) is 23.8 Å². The number of carbonyl (C=O) groups excluding carboxylic acids is 2. The van der Waals surface area contributed by atoms with Gasteiger partial charge in [0.1, 0.15) is 12.7 Å². The minimum atomic E-state index is -4.63. The molecule has 0 aromatic rings. The highest BCUT2D eigenvalue weighted by atomic mass is 31.2. The van der Waals surface area contributed by atoms with Crippen molar-refractivity contribution in [3.05, 3.63) is 48.6 Å². The third-order valence-corrected chi connectivity index (χ3v) is 9.83. The maximum absolute atomic E-state index is 12.6. The lowest BCUT2D eigenvalue weighted by molar-refractivity contribution is -0.161. The van der Waals surface area contributed by atoms with Crippen LogP contribution in [0.2, 0.25) is 0 Å². The minimum Gasteiger partial charge on any atom is -0.462 e. The Labute approximate surface area is 326 Å². The van der Waals surface area contributed by atoms with E-state index in [9.17, 15) is 24.2 Å². The molecule has 312 valence electrons. The van der Waals surface area contributed by atoms with Crippen molar-refractivity contribution in [3.63, 3.8) is 0 Å². The summed E-state index contributed by atoms with van der Waals surface area (Å²) in [5.74, 6) is -0.995. The van der Waals surface area contributed by atoms with Gasteiger partial charge in [-0.3, -0.25) is 18.6 Å². The van der Waals surface area contributed by atoms with E-state index in [1.54, 1.807) is 0 Å². The number of hydrogen-bond donors (Lipinski definition) is 3. The number of carbonyl (C=O) groups is 2. The van der Waals surface area contributed by atoms with Gasteiger partial charge in [0, 0.05) is 12.8 Å². The molecule has 0 aromatic carbocycles. The molecule has 3 unspecified atom stereocenters. The Hall–Kier alpha value is -2.11. The first-order chi connectivity index (χ1) is 26.2. The highest BCUT2D eigenvalue weighted by Gasteiger charge is 2.36. The molecule has 5 atom stereocenters. The SMILES string of the molecule is CCCCC/C=C\C/C=C\C/C=C\CCCCC(=O)OC[C@H](COP(=O)(O)OC[C@@H](O)CO)OC(=O)CCCCCCC/C=C\CC1OC1CCCCC. The maximum atomic E-state index is 12.6. The number of ether oxygens (including phenoxy) is 3. The van der Waals surface area contributed by atoms with Crippen LogP contribution in [0.4, 0.5) is 0 Å². The van der Waals surface area contributed by atoms with Gasteiger partial charge >= 0.3 is 19.8 Å². The second-order valence-electron chi connectivity index (χ2n) is 14.0. The Bertz CT molecular complexity index is 1110. The summed E-state index contributed by atoms with van der Waals surface area (Å²) in [7, 11) is -4.63. The van der Waals surface area contributed by atoms with Gasteiger partial charge in [-0.25, -0.2) is 4.57 Å². The number of aliphatic hydroxyl groups is 2. The van der Waals surface area contributed by atoms with Crippen molar-refractivity contribution in [1.82, 2.24) is 0 Å². The monoisotopic (exact) mass is 784 g/mol. The second-order valence-corrected chi connectivity index (χ2v) is 15.5. The summed E-state index contributed by atoms with van der Waals surface area (Å²) < 4.78 is 38.3. The van der Waals surface area contributed by atoms with Gasteiger partial charge in [0.25, 0.3) is 0 Å². The van der Waals surface area contributed by atoms with Gasteiger partial charge < -0.3 is 29.3 Å². The van der Waals surface area contributed by atoms with Crippen LogP contribution in [-0.2, 0) is 37.4 Å². The number of aliphatic hydroxyl groups excluding tert-OH is 2. The van der Waals surface area contributed by atoms with E-state index in [1.165, 1.54) is 44.9 Å². The molecule has 12 heteroatoms. The van der Waals surface area contributed by atoms with Crippen molar-refractivity contribution in [3.8, 4) is 0 Å². The molecule has 0 radical (unpaired) electrons. The van der Waals surface area contributed by atoms with Crippen LogP contribution in [0.25, 0.3) is 0 Å². The van der Waals surface area contributed by atoms with Crippen molar-refractivity contribution < 1.29 is 52.5 Å². The minimum absolute atomic E-state index is 0.153. The number of esters is 2. The highest BCUT2D eigenvalue weighted by Crippen LogP contribution is 2.43. The van der Waals surface area contributed by atoms with Crippen LogP contribution in [0.3, 0.4) is 0 Å². The Kier molecular flexibility index (Phi) is 31.6. The van der Waals surface area contributed by atoms with Gasteiger partial charge in [0.2, 0.25) is 0 Å². The second kappa shape index (κ2) is 34.2. The molecule has 0 amide bonds. The van der Waals surface area contributed by atoms with Crippen molar-refractivity contribution in [2.24, 2.45) is 0 Å². The summed E-state index contributed by atoms with van der Waals surface area (Å²) in [5, 5.41) is 18.3. The van der Waals surface area contributed by atoms with Crippen LogP contribution in [0.5, 0.6) is 0 Å². The molecule has 1 rings (SSSR count). The molecule has 0 aromatic heterocycles. The molecule has 0 saturated carbocycles. The lowest BCUT2D eigenvalue weighted by Crippen LogP contribution is -2.29. The quantitative estimate of drug-likeness (QED) is 0.0181. The van der Waals surface area contributed by atoms with Gasteiger partial charge in [0.15, 0.2) is 6.10 Å². The fraction of sp³-hybridized carbons (Fsp3) is 0.762. The first kappa shape index (κ1) is 49.9. The van der Waals surface area contributed by atoms with Gasteiger partial charge in [-0.2, -0.15) is 0 Å². The van der Waals surface area contributed by atoms with E-state index in [1.807, 2.05) is 0 Å². The fourth-order valence-electron chi connectivity index (χ4n) is 5.53. The molecule has 1 aliphatic heterocycles. The van der Waals surface area contributed by atoms with Crippen LogP contribution in [0, 0.1) is 0 Å². The predicted molar refractivity (Wildman–Crippen MR) is 214 cm³/mol. The zero-order valence-electron chi connectivity index (χ0n) is 33.4. The molecule has 11 nitrogen and oxygen atoms in total. The lowest BCUT2D eigenvalue weighted by Gasteiger charge is -2.20. The van der Waals surface area contributed by atoms with Crippen LogP contribution in [0.15, 0.2) is 48.6 Å². The number of phosphoric ester groups is 1. The number of unbranched alkanes of at least 4 members (excludes halogenated alkanes) is 12. The Morgan fingerprint density at radius 2 is 1.20 bits per heavy atom. The molecule has 1 saturated heterocycles. The van der Waals surface area contributed by atoms with E-state index in [0.717, 1.165) is 70.6 Å². The number of allylic oxidation sites excluding steroid dienone is 7. The molecule has 1 heterocycles. The van der Waals surface area contributed by atoms with Gasteiger partial charge in [0.05, 0.1) is 32.0 Å². The van der Waals surface area contributed by atoms with E-state index < -0.39 is 51.8 Å². The average molecular weight is 785 g/mol. The number of hydrogen-bond acceptors (Lipinski definition) is 10. The van der Waals surface area contributed by atoms with E-state index in [0.29, 0.717) is 25.0 Å².